The summed E-state index contributed by atoms with van der Waals surface area (Å²) in [5.74, 6) is -1.32. The fraction of sp³-hybridized carbons (Fsp3) is 0.636. The number of rotatable bonds is 3. The van der Waals surface area contributed by atoms with E-state index in [2.05, 4.69) is 9.97 Å². The van der Waals surface area contributed by atoms with Gasteiger partial charge in [-0.3, -0.25) is 0 Å². The summed E-state index contributed by atoms with van der Waals surface area (Å²) in [6.07, 6.45) is 1.38. The summed E-state index contributed by atoms with van der Waals surface area (Å²) in [5.41, 5.74) is 11.1. The lowest BCUT2D eigenvalue weighted by atomic mass is 9.88. The topological polar surface area (TPSA) is 77.8 Å². The van der Waals surface area contributed by atoms with Crippen LogP contribution in [0.15, 0.2) is 11.2 Å². The van der Waals surface area contributed by atoms with Crippen molar-refractivity contribution in [2.75, 3.05) is 17.2 Å². The number of nitrogens with zero attached hydrogens (tertiary/aromatic N) is 2. The summed E-state index contributed by atoms with van der Waals surface area (Å²) in [6.45, 7) is 0. The lowest BCUT2D eigenvalue weighted by molar-refractivity contribution is -0.0487. The van der Waals surface area contributed by atoms with Crippen LogP contribution in [0.3, 0.4) is 0 Å². The van der Waals surface area contributed by atoms with Crippen LogP contribution in [-0.4, -0.2) is 21.6 Å². The Balaban J connectivity index is 1.91. The zero-order valence-electron chi connectivity index (χ0n) is 9.90. The van der Waals surface area contributed by atoms with Crippen molar-refractivity contribution in [3.63, 3.8) is 0 Å². The molecule has 0 radical (unpaired) electrons. The Hall–Kier alpha value is -1.11. The van der Waals surface area contributed by atoms with Crippen molar-refractivity contribution in [1.82, 2.24) is 9.97 Å². The largest absolute Gasteiger partial charge is 0.383 e. The first-order valence-corrected chi connectivity index (χ1v) is 6.84. The van der Waals surface area contributed by atoms with Gasteiger partial charge in [-0.2, -0.15) is 0 Å². The molecule has 0 spiro atoms. The highest BCUT2D eigenvalue weighted by Gasteiger charge is 2.36. The molecule has 1 saturated carbocycles. The first kappa shape index (κ1) is 13.3. The molecule has 1 unspecified atom stereocenters. The normalized spacial score (nSPS) is 22.9. The maximum absolute atomic E-state index is 13.2. The Morgan fingerprint density at radius 2 is 2.00 bits per heavy atom. The van der Waals surface area contributed by atoms with Gasteiger partial charge in [0.15, 0.2) is 5.16 Å². The Kier molecular flexibility index (Phi) is 3.89. The standard InChI is InChI=1S/C11H16F2N4S/c12-11(13)3-1-2-7(5-11)6-18-10-16-8(14)4-9(15)17-10/h4,7H,1-3,5-6H2,(H4,14,15,16,17). The molecule has 1 aliphatic rings. The molecule has 0 aliphatic heterocycles. The van der Waals surface area contributed by atoms with Crippen LogP contribution in [0, 0.1) is 5.92 Å². The predicted molar refractivity (Wildman–Crippen MR) is 68.5 cm³/mol. The molecule has 18 heavy (non-hydrogen) atoms. The number of thioether (sulfide) groups is 1. The average molecular weight is 274 g/mol. The molecule has 4 nitrogen and oxygen atoms in total. The molecule has 4 N–H and O–H groups in total. The highest BCUT2D eigenvalue weighted by atomic mass is 32.2. The number of alkyl halides is 2. The number of hydrogen-bond acceptors (Lipinski definition) is 5. The number of hydrogen-bond donors (Lipinski definition) is 2. The first-order chi connectivity index (χ1) is 8.44. The molecule has 1 heterocycles. The van der Waals surface area contributed by atoms with E-state index in [1.807, 2.05) is 0 Å². The maximum Gasteiger partial charge on any atom is 0.248 e. The van der Waals surface area contributed by atoms with Crippen LogP contribution in [-0.2, 0) is 0 Å². The Labute approximate surface area is 109 Å². The third-order valence-corrected chi connectivity index (χ3v) is 4.01. The molecule has 0 saturated heterocycles. The van der Waals surface area contributed by atoms with Crippen LogP contribution in [0.25, 0.3) is 0 Å². The molecule has 7 heteroatoms. The summed E-state index contributed by atoms with van der Waals surface area (Å²) >= 11 is 1.34. The smallest absolute Gasteiger partial charge is 0.248 e. The summed E-state index contributed by atoms with van der Waals surface area (Å²) in [7, 11) is 0. The van der Waals surface area contributed by atoms with Crippen LogP contribution in [0.2, 0.25) is 0 Å². The van der Waals surface area contributed by atoms with Crippen molar-refractivity contribution in [2.24, 2.45) is 5.92 Å². The van der Waals surface area contributed by atoms with Crippen molar-refractivity contribution in [3.05, 3.63) is 6.07 Å². The molecule has 1 aromatic heterocycles. The van der Waals surface area contributed by atoms with Crippen LogP contribution in [0.4, 0.5) is 20.4 Å². The van der Waals surface area contributed by atoms with Gasteiger partial charge in [0.1, 0.15) is 11.6 Å². The fourth-order valence-electron chi connectivity index (χ4n) is 2.14. The van der Waals surface area contributed by atoms with Crippen LogP contribution >= 0.6 is 11.8 Å². The van der Waals surface area contributed by atoms with Gasteiger partial charge in [0.05, 0.1) is 0 Å². The van der Waals surface area contributed by atoms with Gasteiger partial charge in [0, 0.05) is 24.7 Å². The summed E-state index contributed by atoms with van der Waals surface area (Å²) in [6, 6.07) is 1.47. The minimum Gasteiger partial charge on any atom is -0.383 e. The van der Waals surface area contributed by atoms with Crippen LogP contribution in [0.5, 0.6) is 0 Å². The van der Waals surface area contributed by atoms with E-state index in [1.165, 1.54) is 17.8 Å². The number of anilines is 2. The molecule has 2 rings (SSSR count). The van der Waals surface area contributed by atoms with E-state index in [-0.39, 0.29) is 18.8 Å². The van der Waals surface area contributed by atoms with E-state index in [9.17, 15) is 8.78 Å². The van der Waals surface area contributed by atoms with Crippen LogP contribution in [0.1, 0.15) is 25.7 Å². The Bertz CT molecular complexity index is 407. The Morgan fingerprint density at radius 3 is 2.61 bits per heavy atom. The minimum atomic E-state index is -2.51. The van der Waals surface area contributed by atoms with Gasteiger partial charge in [-0.15, -0.1) is 0 Å². The molecule has 1 fully saturated rings. The summed E-state index contributed by atoms with van der Waals surface area (Å²) < 4.78 is 26.5. The molecule has 0 aromatic carbocycles. The Morgan fingerprint density at radius 1 is 1.33 bits per heavy atom. The predicted octanol–water partition coefficient (Wildman–Crippen LogP) is 2.56. The first-order valence-electron chi connectivity index (χ1n) is 5.85. The second-order valence-corrected chi connectivity index (χ2v) is 5.62. The molecule has 1 aromatic rings. The molecular weight excluding hydrogens is 258 g/mol. The quantitative estimate of drug-likeness (QED) is 0.654. The zero-order chi connectivity index (χ0) is 13.2. The second-order valence-electron chi connectivity index (χ2n) is 4.63. The van der Waals surface area contributed by atoms with E-state index in [4.69, 9.17) is 11.5 Å². The highest BCUT2D eigenvalue weighted by molar-refractivity contribution is 7.99. The van der Waals surface area contributed by atoms with Gasteiger partial charge in [0.2, 0.25) is 5.92 Å². The third-order valence-electron chi connectivity index (χ3n) is 2.94. The van der Waals surface area contributed by atoms with Crippen molar-refractivity contribution in [1.29, 1.82) is 0 Å². The van der Waals surface area contributed by atoms with E-state index in [0.29, 0.717) is 29.0 Å². The van der Waals surface area contributed by atoms with E-state index < -0.39 is 5.92 Å². The second kappa shape index (κ2) is 5.26. The average Bonchev–Trinajstić information content (AvgIpc) is 2.24. The van der Waals surface area contributed by atoms with Gasteiger partial charge < -0.3 is 11.5 Å². The molecule has 100 valence electrons. The highest BCUT2D eigenvalue weighted by Crippen LogP contribution is 2.38. The number of aromatic nitrogens is 2. The van der Waals surface area contributed by atoms with E-state index in [1.54, 1.807) is 0 Å². The zero-order valence-corrected chi connectivity index (χ0v) is 10.7. The SMILES string of the molecule is Nc1cc(N)nc(SCC2CCCC(F)(F)C2)n1. The number of halogens is 2. The van der Waals surface area contributed by atoms with Gasteiger partial charge in [-0.1, -0.05) is 11.8 Å². The molecule has 1 atom stereocenters. The lowest BCUT2D eigenvalue weighted by Gasteiger charge is -2.28. The monoisotopic (exact) mass is 274 g/mol. The third kappa shape index (κ3) is 3.69. The molecular formula is C11H16F2N4S. The van der Waals surface area contributed by atoms with Gasteiger partial charge in [-0.25, -0.2) is 18.7 Å². The molecule has 1 aliphatic carbocycles. The molecule has 0 bridgehead atoms. The maximum atomic E-state index is 13.2. The summed E-state index contributed by atoms with van der Waals surface area (Å²) in [5, 5.41) is 0.460. The molecule has 0 amide bonds. The lowest BCUT2D eigenvalue weighted by Crippen LogP contribution is -2.27. The van der Waals surface area contributed by atoms with Crippen molar-refractivity contribution < 1.29 is 8.78 Å². The number of nitrogen functional groups attached to an aromatic ring is 2. The number of nitrogens with two attached hydrogens (primary N) is 2. The minimum absolute atomic E-state index is 0.00463. The fourth-order valence-corrected chi connectivity index (χ4v) is 3.15. The van der Waals surface area contributed by atoms with Gasteiger partial charge in [-0.05, 0) is 18.8 Å². The van der Waals surface area contributed by atoms with Crippen LogP contribution < -0.4 is 11.5 Å². The van der Waals surface area contributed by atoms with Gasteiger partial charge >= 0.3 is 0 Å². The van der Waals surface area contributed by atoms with Crippen molar-refractivity contribution >= 4 is 23.4 Å². The van der Waals surface area contributed by atoms with E-state index >= 15 is 0 Å². The van der Waals surface area contributed by atoms with Crippen molar-refractivity contribution in [3.8, 4) is 0 Å². The summed E-state index contributed by atoms with van der Waals surface area (Å²) in [4.78, 5) is 8.03. The van der Waals surface area contributed by atoms with Crippen molar-refractivity contribution in [2.45, 2.75) is 36.8 Å². The van der Waals surface area contributed by atoms with Gasteiger partial charge in [0.25, 0.3) is 0 Å². The van der Waals surface area contributed by atoms with E-state index in [0.717, 1.165) is 6.42 Å².